The minimum absolute atomic E-state index is 0.0744. The molecule has 1 aliphatic carbocycles. The van der Waals surface area contributed by atoms with Crippen molar-refractivity contribution in [2.75, 3.05) is 7.11 Å². The van der Waals surface area contributed by atoms with Gasteiger partial charge in [0.05, 0.1) is 7.11 Å². The van der Waals surface area contributed by atoms with Gasteiger partial charge in [0.2, 0.25) is 0 Å². The maximum Gasteiger partial charge on any atom is 0.328 e. The first-order valence-electron chi connectivity index (χ1n) is 8.68. The van der Waals surface area contributed by atoms with Gasteiger partial charge in [-0.25, -0.2) is 0 Å². The summed E-state index contributed by atoms with van der Waals surface area (Å²) in [6.45, 7) is 5.17. The Kier molecular flexibility index (Phi) is 4.68. The molecular formula is C21H22O6. The van der Waals surface area contributed by atoms with E-state index in [1.54, 1.807) is 52.1 Å². The third-order valence-corrected chi connectivity index (χ3v) is 4.48. The van der Waals surface area contributed by atoms with E-state index in [0.29, 0.717) is 17.1 Å². The van der Waals surface area contributed by atoms with Crippen molar-refractivity contribution in [3.8, 4) is 5.75 Å². The van der Waals surface area contributed by atoms with Crippen molar-refractivity contribution >= 4 is 23.3 Å². The highest BCUT2D eigenvalue weighted by Crippen LogP contribution is 2.43. The molecule has 3 rings (SSSR count). The average Bonchev–Trinajstić information content (AvgIpc) is 2.60. The number of rotatable bonds is 3. The lowest BCUT2D eigenvalue weighted by Crippen LogP contribution is -2.54. The summed E-state index contributed by atoms with van der Waals surface area (Å²) in [5, 5.41) is 0. The quantitative estimate of drug-likeness (QED) is 0.601. The SMILES string of the molecule is COc1ccc(C2=CC(=O)[C@]3(C(=O)OC(C)(C)C)C=CC(=O)C[C@@H]3O2)cc1. The fraction of sp³-hybridized carbons (Fsp3) is 0.381. The molecule has 0 saturated heterocycles. The molecule has 2 atom stereocenters. The monoisotopic (exact) mass is 370 g/mol. The van der Waals surface area contributed by atoms with Gasteiger partial charge in [0.25, 0.3) is 0 Å². The third-order valence-electron chi connectivity index (χ3n) is 4.48. The van der Waals surface area contributed by atoms with Gasteiger partial charge in [0.1, 0.15) is 23.2 Å². The van der Waals surface area contributed by atoms with Crippen LogP contribution in [0.2, 0.25) is 0 Å². The van der Waals surface area contributed by atoms with E-state index in [-0.39, 0.29) is 12.2 Å². The van der Waals surface area contributed by atoms with Crippen molar-refractivity contribution in [3.63, 3.8) is 0 Å². The van der Waals surface area contributed by atoms with Crippen molar-refractivity contribution in [1.29, 1.82) is 0 Å². The summed E-state index contributed by atoms with van der Waals surface area (Å²) in [6.07, 6.45) is 2.85. The van der Waals surface area contributed by atoms with Crippen molar-refractivity contribution < 1.29 is 28.6 Å². The lowest BCUT2D eigenvalue weighted by Gasteiger charge is -2.40. The molecule has 1 aliphatic heterocycles. The number of hydrogen-bond donors (Lipinski definition) is 0. The molecule has 27 heavy (non-hydrogen) atoms. The summed E-state index contributed by atoms with van der Waals surface area (Å²) in [5.41, 5.74) is -1.76. The molecule has 0 saturated carbocycles. The maximum atomic E-state index is 13.0. The van der Waals surface area contributed by atoms with Gasteiger partial charge in [0.15, 0.2) is 17.0 Å². The Balaban J connectivity index is 2.01. The topological polar surface area (TPSA) is 78.9 Å². The van der Waals surface area contributed by atoms with Gasteiger partial charge in [-0.2, -0.15) is 0 Å². The first kappa shape index (κ1) is 18.9. The van der Waals surface area contributed by atoms with Gasteiger partial charge in [0, 0.05) is 18.1 Å². The standard InChI is InChI=1S/C21H22O6/c1-20(2,3)27-19(24)21-10-9-14(22)11-18(21)26-16(12-17(21)23)13-5-7-15(25-4)8-6-13/h5-10,12,18H,11H2,1-4H3/t18-,21+/m0/s1. The van der Waals surface area contributed by atoms with Gasteiger partial charge in [-0.05, 0) is 51.1 Å². The average molecular weight is 370 g/mol. The Bertz CT molecular complexity index is 840. The predicted octanol–water partition coefficient (Wildman–Crippen LogP) is 2.86. The van der Waals surface area contributed by atoms with Crippen LogP contribution >= 0.6 is 0 Å². The molecule has 0 unspecified atom stereocenters. The zero-order chi connectivity index (χ0) is 19.8. The molecule has 142 valence electrons. The van der Waals surface area contributed by atoms with E-state index in [1.807, 2.05) is 0 Å². The second kappa shape index (κ2) is 6.68. The van der Waals surface area contributed by atoms with E-state index in [1.165, 1.54) is 18.2 Å². The van der Waals surface area contributed by atoms with Crippen LogP contribution in [-0.4, -0.2) is 36.4 Å². The van der Waals surface area contributed by atoms with Crippen molar-refractivity contribution in [2.24, 2.45) is 5.41 Å². The molecule has 0 fully saturated rings. The lowest BCUT2D eigenvalue weighted by molar-refractivity contribution is -0.173. The number of fused-ring (bicyclic) bond motifs is 1. The van der Waals surface area contributed by atoms with Crippen LogP contribution in [0.1, 0.15) is 32.8 Å². The van der Waals surface area contributed by atoms with Crippen molar-refractivity contribution in [1.82, 2.24) is 0 Å². The van der Waals surface area contributed by atoms with E-state index in [2.05, 4.69) is 0 Å². The largest absolute Gasteiger partial charge is 0.497 e. The summed E-state index contributed by atoms with van der Waals surface area (Å²) >= 11 is 0. The molecule has 0 amide bonds. The highest BCUT2D eigenvalue weighted by Gasteiger charge is 2.57. The Hall–Kier alpha value is -2.89. The Morgan fingerprint density at radius 3 is 2.44 bits per heavy atom. The van der Waals surface area contributed by atoms with Gasteiger partial charge in [-0.3, -0.25) is 14.4 Å². The van der Waals surface area contributed by atoms with Gasteiger partial charge < -0.3 is 14.2 Å². The van der Waals surface area contributed by atoms with E-state index in [4.69, 9.17) is 14.2 Å². The first-order chi connectivity index (χ1) is 12.7. The van der Waals surface area contributed by atoms with Crippen LogP contribution < -0.4 is 4.74 Å². The second-order valence-corrected chi connectivity index (χ2v) is 7.58. The van der Waals surface area contributed by atoms with Crippen LogP contribution in [0.4, 0.5) is 0 Å². The smallest absolute Gasteiger partial charge is 0.328 e. The number of ether oxygens (including phenoxy) is 3. The molecule has 6 heteroatoms. The van der Waals surface area contributed by atoms with Gasteiger partial charge in [-0.1, -0.05) is 6.08 Å². The van der Waals surface area contributed by atoms with E-state index in [9.17, 15) is 14.4 Å². The molecule has 0 bridgehead atoms. The highest BCUT2D eigenvalue weighted by atomic mass is 16.6. The number of esters is 1. The molecule has 0 spiro atoms. The van der Waals surface area contributed by atoms with E-state index in [0.717, 1.165) is 0 Å². The fourth-order valence-corrected chi connectivity index (χ4v) is 3.11. The summed E-state index contributed by atoms with van der Waals surface area (Å²) in [5.74, 6) is -0.389. The predicted molar refractivity (Wildman–Crippen MR) is 97.9 cm³/mol. The maximum absolute atomic E-state index is 13.0. The minimum Gasteiger partial charge on any atom is -0.497 e. The third kappa shape index (κ3) is 3.52. The van der Waals surface area contributed by atoms with E-state index >= 15 is 0 Å². The highest BCUT2D eigenvalue weighted by molar-refractivity contribution is 6.16. The molecule has 2 aliphatic rings. The van der Waals surface area contributed by atoms with Gasteiger partial charge >= 0.3 is 5.97 Å². The number of methoxy groups -OCH3 is 1. The summed E-state index contributed by atoms with van der Waals surface area (Å²) in [7, 11) is 1.56. The number of ketones is 2. The fourth-order valence-electron chi connectivity index (χ4n) is 3.11. The Labute approximate surface area is 157 Å². The van der Waals surface area contributed by atoms with Crippen LogP contribution in [0.25, 0.3) is 5.76 Å². The molecule has 6 nitrogen and oxygen atoms in total. The summed E-state index contributed by atoms with van der Waals surface area (Å²) in [4.78, 5) is 37.9. The first-order valence-corrected chi connectivity index (χ1v) is 8.68. The second-order valence-electron chi connectivity index (χ2n) is 7.58. The van der Waals surface area contributed by atoms with Crippen LogP contribution in [0.15, 0.2) is 42.5 Å². The molecule has 1 aromatic rings. The van der Waals surface area contributed by atoms with E-state index < -0.39 is 28.9 Å². The molecule has 0 aromatic heterocycles. The number of benzene rings is 1. The molecule has 1 heterocycles. The number of allylic oxidation sites excluding steroid dienone is 2. The lowest BCUT2D eigenvalue weighted by atomic mass is 9.71. The molecular weight excluding hydrogens is 348 g/mol. The molecule has 0 N–H and O–H groups in total. The zero-order valence-corrected chi connectivity index (χ0v) is 15.8. The summed E-state index contributed by atoms with van der Waals surface area (Å²) in [6, 6.07) is 6.98. The van der Waals surface area contributed by atoms with Crippen LogP contribution in [0.5, 0.6) is 5.75 Å². The number of carbonyl (C=O) groups excluding carboxylic acids is 3. The molecule has 1 aromatic carbocycles. The summed E-state index contributed by atoms with van der Waals surface area (Å²) < 4.78 is 16.6. The Morgan fingerprint density at radius 1 is 1.19 bits per heavy atom. The zero-order valence-electron chi connectivity index (χ0n) is 15.8. The normalized spacial score (nSPS) is 24.6. The number of carbonyl (C=O) groups is 3. The minimum atomic E-state index is -1.64. The van der Waals surface area contributed by atoms with Crippen molar-refractivity contribution in [3.05, 3.63) is 48.1 Å². The van der Waals surface area contributed by atoms with Crippen LogP contribution in [-0.2, 0) is 23.9 Å². The van der Waals surface area contributed by atoms with Crippen LogP contribution in [0.3, 0.4) is 0 Å². The Morgan fingerprint density at radius 2 is 1.85 bits per heavy atom. The van der Waals surface area contributed by atoms with Crippen LogP contribution in [0, 0.1) is 5.41 Å². The van der Waals surface area contributed by atoms with Gasteiger partial charge in [-0.15, -0.1) is 0 Å². The van der Waals surface area contributed by atoms with Crippen molar-refractivity contribution in [2.45, 2.75) is 38.9 Å². The number of hydrogen-bond acceptors (Lipinski definition) is 6. The molecule has 0 radical (unpaired) electrons.